The van der Waals surface area contributed by atoms with Crippen molar-refractivity contribution in [3.05, 3.63) is 45.7 Å². The number of nitriles is 1. The molecule has 0 saturated heterocycles. The summed E-state index contributed by atoms with van der Waals surface area (Å²) in [5.74, 6) is 0.352. The summed E-state index contributed by atoms with van der Waals surface area (Å²) in [4.78, 5) is 8.22. The lowest BCUT2D eigenvalue weighted by atomic mass is 10.3. The van der Waals surface area contributed by atoms with Gasteiger partial charge < -0.3 is 5.32 Å². The van der Waals surface area contributed by atoms with Crippen molar-refractivity contribution in [3.8, 4) is 6.07 Å². The van der Waals surface area contributed by atoms with Gasteiger partial charge in [-0.1, -0.05) is 23.2 Å². The number of anilines is 2. The summed E-state index contributed by atoms with van der Waals surface area (Å²) in [6.45, 7) is 1.79. The van der Waals surface area contributed by atoms with Gasteiger partial charge in [0, 0.05) is 11.4 Å². The van der Waals surface area contributed by atoms with Gasteiger partial charge in [0.2, 0.25) is 5.95 Å². The molecule has 0 saturated carbocycles. The van der Waals surface area contributed by atoms with Crippen molar-refractivity contribution in [2.75, 3.05) is 5.32 Å². The molecule has 1 N–H and O–H groups in total. The van der Waals surface area contributed by atoms with Crippen LogP contribution in [0.25, 0.3) is 0 Å². The number of aryl methyl sites for hydroxylation is 1. The number of hydrogen-bond acceptors (Lipinski definition) is 4. The fraction of sp³-hybridized carbons (Fsp3) is 0.0833. The molecule has 0 fully saturated rings. The van der Waals surface area contributed by atoms with Crippen LogP contribution in [0.1, 0.15) is 11.4 Å². The van der Waals surface area contributed by atoms with E-state index in [9.17, 15) is 0 Å². The van der Waals surface area contributed by atoms with Crippen molar-refractivity contribution in [1.82, 2.24) is 9.97 Å². The Morgan fingerprint density at radius 3 is 2.61 bits per heavy atom. The van der Waals surface area contributed by atoms with Crippen molar-refractivity contribution in [1.29, 1.82) is 5.26 Å². The molecular formula is C12H8Cl2N4. The Bertz CT molecular complexity index is 634. The maximum atomic E-state index is 8.83. The summed E-state index contributed by atoms with van der Waals surface area (Å²) in [5.41, 5.74) is 1.73. The topological polar surface area (TPSA) is 61.6 Å². The Morgan fingerprint density at radius 1 is 1.17 bits per heavy atom. The third kappa shape index (κ3) is 2.89. The lowest BCUT2D eigenvalue weighted by Crippen LogP contribution is -2.00. The van der Waals surface area contributed by atoms with Crippen molar-refractivity contribution < 1.29 is 0 Å². The van der Waals surface area contributed by atoms with Gasteiger partial charge in [-0.25, -0.2) is 9.97 Å². The summed E-state index contributed by atoms with van der Waals surface area (Å²) >= 11 is 11.7. The predicted octanol–water partition coefficient (Wildman–Crippen LogP) is 3.71. The predicted molar refractivity (Wildman–Crippen MR) is 71.2 cm³/mol. The van der Waals surface area contributed by atoms with Crippen molar-refractivity contribution in [2.24, 2.45) is 0 Å². The minimum atomic E-state index is 0.310. The van der Waals surface area contributed by atoms with Gasteiger partial charge in [-0.2, -0.15) is 5.26 Å². The standard InChI is InChI=1S/C12H8Cl2N4/c1-7-4-9(6-15)18-12(16-7)17-8-2-3-10(13)11(14)5-8/h2-5H,1H3,(H,16,17,18). The van der Waals surface area contributed by atoms with E-state index in [1.54, 1.807) is 31.2 Å². The Labute approximate surface area is 114 Å². The van der Waals surface area contributed by atoms with E-state index in [1.165, 1.54) is 0 Å². The SMILES string of the molecule is Cc1cc(C#N)nc(Nc2ccc(Cl)c(Cl)c2)n1. The molecule has 18 heavy (non-hydrogen) atoms. The quantitative estimate of drug-likeness (QED) is 0.910. The molecule has 1 heterocycles. The minimum Gasteiger partial charge on any atom is -0.324 e. The minimum absolute atomic E-state index is 0.310. The van der Waals surface area contributed by atoms with Gasteiger partial charge in [0.25, 0.3) is 0 Å². The molecule has 0 amide bonds. The zero-order valence-corrected chi connectivity index (χ0v) is 10.9. The van der Waals surface area contributed by atoms with Gasteiger partial charge in [0.05, 0.1) is 10.0 Å². The zero-order valence-electron chi connectivity index (χ0n) is 9.41. The van der Waals surface area contributed by atoms with E-state index < -0.39 is 0 Å². The number of nitrogens with zero attached hydrogens (tertiary/aromatic N) is 3. The molecule has 1 aromatic carbocycles. The molecule has 0 aliphatic heterocycles. The molecule has 0 spiro atoms. The van der Waals surface area contributed by atoms with Gasteiger partial charge in [-0.05, 0) is 31.2 Å². The van der Waals surface area contributed by atoms with Crippen LogP contribution >= 0.6 is 23.2 Å². The summed E-state index contributed by atoms with van der Waals surface area (Å²) in [6.07, 6.45) is 0. The van der Waals surface area contributed by atoms with E-state index in [0.717, 1.165) is 0 Å². The van der Waals surface area contributed by atoms with Crippen LogP contribution in [-0.2, 0) is 0 Å². The van der Waals surface area contributed by atoms with Crippen molar-refractivity contribution in [3.63, 3.8) is 0 Å². The van der Waals surface area contributed by atoms with Gasteiger partial charge in [-0.15, -0.1) is 0 Å². The second-order valence-corrected chi connectivity index (χ2v) is 4.40. The molecule has 0 bridgehead atoms. The first-order valence-corrected chi connectivity index (χ1v) is 5.82. The van der Waals surface area contributed by atoms with E-state index >= 15 is 0 Å². The highest BCUT2D eigenvalue weighted by Crippen LogP contribution is 2.26. The van der Waals surface area contributed by atoms with Crippen LogP contribution in [0.4, 0.5) is 11.6 Å². The Hall–Kier alpha value is -1.83. The summed E-state index contributed by atoms with van der Waals surface area (Å²) in [6, 6.07) is 8.69. The average Bonchev–Trinajstić information content (AvgIpc) is 2.33. The van der Waals surface area contributed by atoms with E-state index in [0.29, 0.717) is 33.1 Å². The number of nitrogens with one attached hydrogen (secondary N) is 1. The van der Waals surface area contributed by atoms with Crippen LogP contribution in [0.15, 0.2) is 24.3 Å². The Balaban J connectivity index is 2.31. The smallest absolute Gasteiger partial charge is 0.228 e. The van der Waals surface area contributed by atoms with Crippen molar-refractivity contribution >= 4 is 34.8 Å². The van der Waals surface area contributed by atoms with Crippen LogP contribution in [-0.4, -0.2) is 9.97 Å². The molecule has 2 aromatic rings. The lowest BCUT2D eigenvalue weighted by Gasteiger charge is -2.06. The lowest BCUT2D eigenvalue weighted by molar-refractivity contribution is 1.09. The normalized spacial score (nSPS) is 9.89. The molecule has 1 aromatic heterocycles. The Morgan fingerprint density at radius 2 is 1.94 bits per heavy atom. The maximum Gasteiger partial charge on any atom is 0.228 e. The summed E-state index contributed by atoms with van der Waals surface area (Å²) < 4.78 is 0. The fourth-order valence-electron chi connectivity index (χ4n) is 1.38. The van der Waals surface area contributed by atoms with Gasteiger partial charge in [0.1, 0.15) is 11.8 Å². The Kier molecular flexibility index (Phi) is 3.66. The maximum absolute atomic E-state index is 8.83. The van der Waals surface area contributed by atoms with Crippen LogP contribution in [0.2, 0.25) is 10.0 Å². The third-order valence-corrected chi connectivity index (χ3v) is 2.88. The number of halogens is 2. The molecule has 0 aliphatic rings. The highest BCUT2D eigenvalue weighted by molar-refractivity contribution is 6.42. The van der Waals surface area contributed by atoms with Gasteiger partial charge in [0.15, 0.2) is 0 Å². The van der Waals surface area contributed by atoms with Crippen LogP contribution < -0.4 is 5.32 Å². The monoisotopic (exact) mass is 278 g/mol. The summed E-state index contributed by atoms with van der Waals surface area (Å²) in [7, 11) is 0. The van der Waals surface area contributed by atoms with E-state index in [-0.39, 0.29) is 0 Å². The second-order valence-electron chi connectivity index (χ2n) is 3.58. The molecule has 0 atom stereocenters. The van der Waals surface area contributed by atoms with Crippen LogP contribution in [0, 0.1) is 18.3 Å². The molecule has 2 rings (SSSR count). The molecule has 6 heteroatoms. The first-order chi connectivity index (χ1) is 8.58. The van der Waals surface area contributed by atoms with E-state index in [2.05, 4.69) is 15.3 Å². The molecule has 4 nitrogen and oxygen atoms in total. The van der Waals surface area contributed by atoms with Crippen LogP contribution in [0.3, 0.4) is 0 Å². The summed E-state index contributed by atoms with van der Waals surface area (Å²) in [5, 5.41) is 12.7. The van der Waals surface area contributed by atoms with Crippen LogP contribution in [0.5, 0.6) is 0 Å². The molecule has 90 valence electrons. The first kappa shape index (κ1) is 12.6. The van der Waals surface area contributed by atoms with Gasteiger partial charge in [-0.3, -0.25) is 0 Å². The molecular weight excluding hydrogens is 271 g/mol. The molecule has 0 unspecified atom stereocenters. The zero-order chi connectivity index (χ0) is 13.1. The molecule has 0 aliphatic carbocycles. The van der Waals surface area contributed by atoms with E-state index in [1.807, 2.05) is 6.07 Å². The average molecular weight is 279 g/mol. The number of aromatic nitrogens is 2. The van der Waals surface area contributed by atoms with Crippen molar-refractivity contribution in [2.45, 2.75) is 6.92 Å². The van der Waals surface area contributed by atoms with E-state index in [4.69, 9.17) is 28.5 Å². The number of benzene rings is 1. The highest BCUT2D eigenvalue weighted by Gasteiger charge is 2.04. The number of rotatable bonds is 2. The largest absolute Gasteiger partial charge is 0.324 e. The first-order valence-electron chi connectivity index (χ1n) is 5.06. The second kappa shape index (κ2) is 5.21. The molecule has 0 radical (unpaired) electrons. The fourth-order valence-corrected chi connectivity index (χ4v) is 1.68. The number of hydrogen-bond donors (Lipinski definition) is 1. The highest BCUT2D eigenvalue weighted by atomic mass is 35.5. The van der Waals surface area contributed by atoms with Gasteiger partial charge >= 0.3 is 0 Å². The third-order valence-electron chi connectivity index (χ3n) is 2.14.